The number of rotatable bonds is 5. The summed E-state index contributed by atoms with van der Waals surface area (Å²) in [6, 6.07) is 6.97. The van der Waals surface area contributed by atoms with Crippen LogP contribution < -0.4 is 11.1 Å². The lowest BCUT2D eigenvalue weighted by Gasteiger charge is -2.36. The van der Waals surface area contributed by atoms with Crippen LogP contribution in [-0.4, -0.2) is 28.0 Å². The smallest absolute Gasteiger partial charge is 0.274 e. The fourth-order valence-electron chi connectivity index (χ4n) is 4.20. The molecule has 1 amide bonds. The number of carbonyl (C=O) groups excluding carboxylic acids is 1. The van der Waals surface area contributed by atoms with E-state index in [9.17, 15) is 18.0 Å². The average Bonchev–Trinajstić information content (AvgIpc) is 2.85. The number of ether oxygens (including phenoxy) is 1. The average molecular weight is 496 g/mol. The molecule has 0 aliphatic carbocycles. The van der Waals surface area contributed by atoms with Crippen molar-refractivity contribution in [1.82, 2.24) is 9.97 Å². The maximum atomic E-state index is 14.7. The molecule has 3 heterocycles. The molecule has 1 aromatic carbocycles. The first kappa shape index (κ1) is 25.3. The van der Waals surface area contributed by atoms with Crippen LogP contribution in [0.15, 0.2) is 42.7 Å². The monoisotopic (exact) mass is 495 g/mol. The SMILES string of the molecule is CC(C)[C@@H]1C[C@H](N)C[C@H](c2ccncc2NC(=O)c2ccc(F)c(-c3c(F)ccc(C#N)c3F)n2)O1. The lowest BCUT2D eigenvalue weighted by molar-refractivity contribution is -0.0787. The third kappa shape index (κ3) is 5.08. The van der Waals surface area contributed by atoms with E-state index in [4.69, 9.17) is 15.7 Å². The number of hydrogen-bond acceptors (Lipinski definition) is 6. The number of nitrogens with one attached hydrogen (secondary N) is 1. The zero-order valence-electron chi connectivity index (χ0n) is 19.6. The van der Waals surface area contributed by atoms with Crippen molar-refractivity contribution in [3.63, 3.8) is 0 Å². The number of aromatic nitrogens is 2. The van der Waals surface area contributed by atoms with E-state index in [0.717, 1.165) is 30.7 Å². The number of halogens is 3. The molecule has 3 atom stereocenters. The van der Waals surface area contributed by atoms with Crippen LogP contribution in [0.1, 0.15) is 54.4 Å². The minimum Gasteiger partial charge on any atom is -0.370 e. The summed E-state index contributed by atoms with van der Waals surface area (Å²) < 4.78 is 49.8. The molecule has 10 heteroatoms. The number of hydrogen-bond donors (Lipinski definition) is 2. The van der Waals surface area contributed by atoms with Crippen molar-refractivity contribution in [3.05, 3.63) is 77.0 Å². The van der Waals surface area contributed by atoms with Gasteiger partial charge in [-0.1, -0.05) is 13.8 Å². The van der Waals surface area contributed by atoms with E-state index in [0.29, 0.717) is 17.7 Å². The second-order valence-corrected chi connectivity index (χ2v) is 8.98. The maximum Gasteiger partial charge on any atom is 0.274 e. The second kappa shape index (κ2) is 10.4. The number of nitrogens with two attached hydrogens (primary N) is 1. The van der Waals surface area contributed by atoms with Crippen LogP contribution >= 0.6 is 0 Å². The van der Waals surface area contributed by atoms with Crippen LogP contribution in [0.3, 0.4) is 0 Å². The highest BCUT2D eigenvalue weighted by Gasteiger charge is 2.32. The van der Waals surface area contributed by atoms with E-state index in [2.05, 4.69) is 15.3 Å². The van der Waals surface area contributed by atoms with Gasteiger partial charge in [-0.05, 0) is 49.1 Å². The normalized spacial score (nSPS) is 19.7. The second-order valence-electron chi connectivity index (χ2n) is 8.98. The molecular formula is C26H24F3N5O2. The van der Waals surface area contributed by atoms with Crippen LogP contribution in [0.4, 0.5) is 18.9 Å². The van der Waals surface area contributed by atoms with E-state index in [-0.39, 0.29) is 29.9 Å². The first-order valence-corrected chi connectivity index (χ1v) is 11.4. The van der Waals surface area contributed by atoms with Gasteiger partial charge in [-0.25, -0.2) is 18.2 Å². The Labute approximate surface area is 206 Å². The lowest BCUT2D eigenvalue weighted by Crippen LogP contribution is -2.39. The van der Waals surface area contributed by atoms with Gasteiger partial charge < -0.3 is 15.8 Å². The van der Waals surface area contributed by atoms with Gasteiger partial charge in [-0.15, -0.1) is 0 Å². The molecule has 7 nitrogen and oxygen atoms in total. The first-order chi connectivity index (χ1) is 17.2. The Hall–Kier alpha value is -3.81. The van der Waals surface area contributed by atoms with Crippen molar-refractivity contribution in [2.45, 2.75) is 44.9 Å². The zero-order valence-corrected chi connectivity index (χ0v) is 19.6. The number of nitrogens with zero attached hydrogens (tertiary/aromatic N) is 3. The van der Waals surface area contributed by atoms with Gasteiger partial charge in [0.1, 0.15) is 29.1 Å². The fourth-order valence-corrected chi connectivity index (χ4v) is 4.20. The lowest BCUT2D eigenvalue weighted by atomic mass is 9.90. The summed E-state index contributed by atoms with van der Waals surface area (Å²) in [5.41, 5.74) is 4.96. The molecule has 1 saturated heterocycles. The third-order valence-corrected chi connectivity index (χ3v) is 6.11. The quantitative estimate of drug-likeness (QED) is 0.521. The first-order valence-electron chi connectivity index (χ1n) is 11.4. The Morgan fingerprint density at radius 2 is 1.92 bits per heavy atom. The maximum absolute atomic E-state index is 14.7. The summed E-state index contributed by atoms with van der Waals surface area (Å²) in [7, 11) is 0. The fraction of sp³-hybridized carbons (Fsp3) is 0.308. The van der Waals surface area contributed by atoms with Gasteiger partial charge in [0.2, 0.25) is 0 Å². The summed E-state index contributed by atoms with van der Waals surface area (Å²) in [5, 5.41) is 11.7. The largest absolute Gasteiger partial charge is 0.370 e. The van der Waals surface area contributed by atoms with E-state index >= 15 is 0 Å². The molecule has 1 aliphatic heterocycles. The van der Waals surface area contributed by atoms with E-state index in [1.54, 1.807) is 18.3 Å². The molecule has 3 aromatic rings. The van der Waals surface area contributed by atoms with Crippen LogP contribution in [0, 0.1) is 34.7 Å². The number of benzene rings is 1. The molecule has 36 heavy (non-hydrogen) atoms. The Balaban J connectivity index is 1.65. The van der Waals surface area contributed by atoms with Gasteiger partial charge >= 0.3 is 0 Å². The summed E-state index contributed by atoms with van der Waals surface area (Å²) in [5.74, 6) is -3.92. The summed E-state index contributed by atoms with van der Waals surface area (Å²) in [6.45, 7) is 4.09. The summed E-state index contributed by atoms with van der Waals surface area (Å²) in [6.07, 6.45) is 3.85. The highest BCUT2D eigenvalue weighted by molar-refractivity contribution is 6.03. The summed E-state index contributed by atoms with van der Waals surface area (Å²) >= 11 is 0. The Morgan fingerprint density at radius 1 is 1.17 bits per heavy atom. The molecule has 0 unspecified atom stereocenters. The van der Waals surface area contributed by atoms with Crippen molar-refractivity contribution in [2.24, 2.45) is 11.7 Å². The molecule has 186 valence electrons. The van der Waals surface area contributed by atoms with Crippen LogP contribution in [0.25, 0.3) is 11.3 Å². The third-order valence-electron chi connectivity index (χ3n) is 6.11. The van der Waals surface area contributed by atoms with Crippen molar-refractivity contribution in [3.8, 4) is 17.3 Å². The van der Waals surface area contributed by atoms with Crippen molar-refractivity contribution in [2.75, 3.05) is 5.32 Å². The van der Waals surface area contributed by atoms with E-state index < -0.39 is 40.2 Å². The number of amides is 1. The molecule has 2 aromatic heterocycles. The van der Waals surface area contributed by atoms with Crippen molar-refractivity contribution in [1.29, 1.82) is 5.26 Å². The predicted octanol–water partition coefficient (Wildman–Crippen LogP) is 4.89. The standard InChI is InChI=1S/C26H24F3N5O2/c1-13(2)21-9-15(31)10-22(36-21)16-7-8-32-12-20(16)34-26(35)19-6-5-18(28)25(33-19)23-17(27)4-3-14(11-30)24(23)29/h3-8,12-13,15,21-22H,9-10,31H2,1-2H3,(H,34,35)/t15-,21-,22+/m0/s1. The Kier molecular flexibility index (Phi) is 7.33. The minimum atomic E-state index is -1.26. The highest BCUT2D eigenvalue weighted by atomic mass is 19.1. The number of anilines is 1. The molecule has 0 spiro atoms. The van der Waals surface area contributed by atoms with Crippen molar-refractivity contribution < 1.29 is 22.7 Å². The molecule has 0 bridgehead atoms. The van der Waals surface area contributed by atoms with Gasteiger partial charge in [-0.3, -0.25) is 9.78 Å². The molecule has 3 N–H and O–H groups in total. The number of nitriles is 1. The van der Waals surface area contributed by atoms with E-state index in [1.807, 2.05) is 13.8 Å². The minimum absolute atomic E-state index is 0.0502. The molecule has 4 rings (SSSR count). The molecule has 1 aliphatic rings. The van der Waals surface area contributed by atoms with E-state index in [1.165, 1.54) is 6.20 Å². The molecule has 0 radical (unpaired) electrons. The van der Waals surface area contributed by atoms with Gasteiger partial charge in [0.05, 0.1) is 35.2 Å². The number of carbonyl (C=O) groups is 1. The van der Waals surface area contributed by atoms with Crippen LogP contribution in [-0.2, 0) is 4.74 Å². The predicted molar refractivity (Wildman–Crippen MR) is 126 cm³/mol. The molecular weight excluding hydrogens is 471 g/mol. The van der Waals surface area contributed by atoms with Crippen LogP contribution in [0.2, 0.25) is 0 Å². The Morgan fingerprint density at radius 3 is 2.64 bits per heavy atom. The van der Waals surface area contributed by atoms with Crippen LogP contribution in [0.5, 0.6) is 0 Å². The molecule has 1 fully saturated rings. The molecule has 0 saturated carbocycles. The Bertz CT molecular complexity index is 1340. The van der Waals surface area contributed by atoms with Gasteiger partial charge in [0, 0.05) is 17.8 Å². The summed E-state index contributed by atoms with van der Waals surface area (Å²) in [4.78, 5) is 21.0. The topological polar surface area (TPSA) is 114 Å². The highest BCUT2D eigenvalue weighted by Crippen LogP contribution is 2.36. The van der Waals surface area contributed by atoms with Gasteiger partial charge in [0.15, 0.2) is 5.82 Å². The zero-order chi connectivity index (χ0) is 26.0. The van der Waals surface area contributed by atoms with Gasteiger partial charge in [0.25, 0.3) is 5.91 Å². The van der Waals surface area contributed by atoms with Gasteiger partial charge in [-0.2, -0.15) is 5.26 Å². The number of pyridine rings is 2. The van der Waals surface area contributed by atoms with Crippen molar-refractivity contribution >= 4 is 11.6 Å².